The molecule has 1 aliphatic heterocycles. The number of para-hydroxylation sites is 1. The number of nitrogens with zero attached hydrogens (tertiary/aromatic N) is 2. The molecule has 0 fully saturated rings. The first kappa shape index (κ1) is 37.2. The molecule has 1 aliphatic rings. The topological polar surface area (TPSA) is 82.1 Å². The lowest BCUT2D eigenvalue weighted by atomic mass is 9.92. The molecule has 2 N–H and O–H groups in total. The SMILES string of the molecule is CC(c1ccccc1)c1ccc(CN(C)C)cc1.C[C@H]1COc2c(NC(=O)Cc3ccc(C(F)(F)F)cc3)cccc2C(=O)N(CCO)C1. The van der Waals surface area contributed by atoms with Crippen molar-refractivity contribution in [2.75, 3.05) is 45.7 Å². The summed E-state index contributed by atoms with van der Waals surface area (Å²) in [5, 5.41) is 12.0. The number of aliphatic hydroxyl groups is 1. The van der Waals surface area contributed by atoms with Gasteiger partial charge in [-0.25, -0.2) is 0 Å². The minimum absolute atomic E-state index is 0.0135. The molecular formula is C39H44F3N3O4. The number of hydrogen-bond donors (Lipinski definition) is 2. The number of carbonyl (C=O) groups is 2. The van der Waals surface area contributed by atoms with Gasteiger partial charge >= 0.3 is 6.18 Å². The Bertz CT molecular complexity index is 1660. The third kappa shape index (κ3) is 10.7. The van der Waals surface area contributed by atoms with E-state index >= 15 is 0 Å². The maximum Gasteiger partial charge on any atom is 0.416 e. The van der Waals surface area contributed by atoms with Crippen LogP contribution in [-0.2, 0) is 23.9 Å². The molecule has 5 rings (SSSR count). The molecule has 260 valence electrons. The first-order chi connectivity index (χ1) is 23.3. The number of fused-ring (bicyclic) bond motifs is 1. The Morgan fingerprint density at radius 3 is 2.18 bits per heavy atom. The zero-order valence-electron chi connectivity index (χ0n) is 28.3. The fraction of sp³-hybridized carbons (Fsp3) is 0.333. The number of aliphatic hydroxyl groups excluding tert-OH is 1. The average molecular weight is 676 g/mol. The van der Waals surface area contributed by atoms with Crippen LogP contribution in [0, 0.1) is 5.92 Å². The Morgan fingerprint density at radius 1 is 0.939 bits per heavy atom. The molecule has 0 saturated carbocycles. The van der Waals surface area contributed by atoms with Crippen molar-refractivity contribution in [3.63, 3.8) is 0 Å². The molecule has 0 aromatic heterocycles. The van der Waals surface area contributed by atoms with E-state index in [-0.39, 0.29) is 42.7 Å². The molecule has 10 heteroatoms. The Morgan fingerprint density at radius 2 is 1.57 bits per heavy atom. The fourth-order valence-electron chi connectivity index (χ4n) is 5.58. The van der Waals surface area contributed by atoms with Crippen molar-refractivity contribution in [2.45, 2.75) is 38.9 Å². The molecule has 1 unspecified atom stereocenters. The Labute approximate surface area is 286 Å². The summed E-state index contributed by atoms with van der Waals surface area (Å²) in [5.74, 6) is -0.0529. The highest BCUT2D eigenvalue weighted by atomic mass is 19.4. The van der Waals surface area contributed by atoms with Crippen LogP contribution in [0.25, 0.3) is 0 Å². The van der Waals surface area contributed by atoms with Crippen LogP contribution in [0.5, 0.6) is 5.75 Å². The molecule has 7 nitrogen and oxygen atoms in total. The van der Waals surface area contributed by atoms with Crippen molar-refractivity contribution in [3.05, 3.63) is 130 Å². The smallest absolute Gasteiger partial charge is 0.416 e. The fourth-order valence-corrected chi connectivity index (χ4v) is 5.58. The third-order valence-corrected chi connectivity index (χ3v) is 8.14. The zero-order valence-corrected chi connectivity index (χ0v) is 28.3. The van der Waals surface area contributed by atoms with Crippen molar-refractivity contribution >= 4 is 17.5 Å². The number of anilines is 1. The zero-order chi connectivity index (χ0) is 35.6. The Hall–Kier alpha value is -4.67. The minimum Gasteiger partial charge on any atom is -0.490 e. The van der Waals surface area contributed by atoms with E-state index in [0.717, 1.165) is 18.7 Å². The standard InChI is InChI=1S/C22H23F3N2O4.C17H21N/c1-14-12-27(9-10-28)21(30)17-3-2-4-18(20(17)31-13-14)26-19(29)11-15-5-7-16(8-6-15)22(23,24)25;1-14(16-7-5-4-6-8-16)17-11-9-15(10-12-17)13-18(2)3/h2-8,14,28H,9-13H2,1H3,(H,26,29);4-12,14H,13H2,1-3H3/t14-;/m1./s1. The van der Waals surface area contributed by atoms with E-state index < -0.39 is 17.6 Å². The van der Waals surface area contributed by atoms with Crippen molar-refractivity contribution in [1.29, 1.82) is 0 Å². The molecule has 0 bridgehead atoms. The normalized spacial score (nSPS) is 15.2. The molecule has 2 amide bonds. The van der Waals surface area contributed by atoms with E-state index in [1.165, 1.54) is 28.8 Å². The summed E-state index contributed by atoms with van der Waals surface area (Å²) in [6.07, 6.45) is -4.57. The predicted octanol–water partition coefficient (Wildman–Crippen LogP) is 7.25. The van der Waals surface area contributed by atoms with Crippen molar-refractivity contribution in [1.82, 2.24) is 9.80 Å². The summed E-state index contributed by atoms with van der Waals surface area (Å²) in [6.45, 7) is 5.94. The number of ether oxygens (including phenoxy) is 1. The van der Waals surface area contributed by atoms with Gasteiger partial charge in [-0.3, -0.25) is 9.59 Å². The summed E-state index contributed by atoms with van der Waals surface area (Å²) in [5.41, 5.74) is 4.33. The molecule has 4 aromatic carbocycles. The van der Waals surface area contributed by atoms with E-state index in [1.807, 2.05) is 6.92 Å². The van der Waals surface area contributed by atoms with Gasteiger partial charge in [0.25, 0.3) is 5.91 Å². The summed E-state index contributed by atoms with van der Waals surface area (Å²) < 4.78 is 43.9. The highest BCUT2D eigenvalue weighted by Gasteiger charge is 2.30. The highest BCUT2D eigenvalue weighted by Crippen LogP contribution is 2.33. The van der Waals surface area contributed by atoms with Crippen LogP contribution < -0.4 is 10.1 Å². The number of alkyl halides is 3. The number of benzene rings is 4. The number of carbonyl (C=O) groups excluding carboxylic acids is 2. The second kappa shape index (κ2) is 17.1. The lowest BCUT2D eigenvalue weighted by Gasteiger charge is -2.30. The van der Waals surface area contributed by atoms with Crippen LogP contribution >= 0.6 is 0 Å². The summed E-state index contributed by atoms with van der Waals surface area (Å²) in [4.78, 5) is 29.1. The number of halogens is 3. The third-order valence-electron chi connectivity index (χ3n) is 8.14. The van der Waals surface area contributed by atoms with Gasteiger partial charge in [-0.2, -0.15) is 13.2 Å². The predicted molar refractivity (Wildman–Crippen MR) is 186 cm³/mol. The second-order valence-electron chi connectivity index (χ2n) is 12.6. The molecule has 4 aromatic rings. The summed E-state index contributed by atoms with van der Waals surface area (Å²) in [6, 6.07) is 28.8. The lowest BCUT2D eigenvalue weighted by Crippen LogP contribution is -2.40. The number of hydrogen-bond acceptors (Lipinski definition) is 5. The van der Waals surface area contributed by atoms with E-state index in [1.54, 1.807) is 23.1 Å². The maximum absolute atomic E-state index is 12.9. The first-order valence-corrected chi connectivity index (χ1v) is 16.3. The van der Waals surface area contributed by atoms with Gasteiger partial charge in [-0.05, 0) is 60.6 Å². The van der Waals surface area contributed by atoms with Crippen LogP contribution in [0.1, 0.15) is 57.9 Å². The van der Waals surface area contributed by atoms with E-state index in [4.69, 9.17) is 4.74 Å². The molecule has 49 heavy (non-hydrogen) atoms. The Balaban J connectivity index is 0.000000254. The van der Waals surface area contributed by atoms with Crippen molar-refractivity contribution in [3.8, 4) is 5.75 Å². The number of nitrogens with one attached hydrogen (secondary N) is 1. The van der Waals surface area contributed by atoms with Gasteiger partial charge in [0.1, 0.15) is 0 Å². The van der Waals surface area contributed by atoms with Gasteiger partial charge in [0.15, 0.2) is 5.75 Å². The van der Waals surface area contributed by atoms with Crippen LogP contribution in [0.2, 0.25) is 0 Å². The Kier molecular flexibility index (Phi) is 13.0. The maximum atomic E-state index is 12.9. The molecule has 0 aliphatic carbocycles. The molecule has 1 heterocycles. The average Bonchev–Trinajstić information content (AvgIpc) is 3.07. The molecule has 0 spiro atoms. The number of β-amino-alcohol motifs (C(OH)–C–C–N with tert-alkyl or cyclic N) is 1. The van der Waals surface area contributed by atoms with Crippen LogP contribution in [-0.4, -0.2) is 67.1 Å². The first-order valence-electron chi connectivity index (χ1n) is 16.3. The van der Waals surface area contributed by atoms with Gasteiger partial charge in [-0.15, -0.1) is 0 Å². The number of rotatable bonds is 9. The van der Waals surface area contributed by atoms with Gasteiger partial charge in [0.2, 0.25) is 5.91 Å². The van der Waals surface area contributed by atoms with Gasteiger partial charge in [0.05, 0.1) is 36.4 Å². The van der Waals surface area contributed by atoms with E-state index in [2.05, 4.69) is 85.8 Å². The highest BCUT2D eigenvalue weighted by molar-refractivity contribution is 6.01. The molecule has 0 radical (unpaired) electrons. The lowest BCUT2D eigenvalue weighted by molar-refractivity contribution is -0.137. The largest absolute Gasteiger partial charge is 0.490 e. The summed E-state index contributed by atoms with van der Waals surface area (Å²) >= 11 is 0. The van der Waals surface area contributed by atoms with E-state index in [0.29, 0.717) is 30.3 Å². The van der Waals surface area contributed by atoms with Crippen molar-refractivity contribution < 1.29 is 32.6 Å². The minimum atomic E-state index is -4.44. The summed E-state index contributed by atoms with van der Waals surface area (Å²) in [7, 11) is 4.20. The van der Waals surface area contributed by atoms with Gasteiger partial charge in [0, 0.05) is 31.5 Å². The van der Waals surface area contributed by atoms with Crippen LogP contribution in [0.15, 0.2) is 97.1 Å². The monoisotopic (exact) mass is 675 g/mol. The molecule has 2 atom stereocenters. The van der Waals surface area contributed by atoms with E-state index in [9.17, 15) is 27.9 Å². The van der Waals surface area contributed by atoms with Gasteiger partial charge in [-0.1, -0.05) is 86.6 Å². The number of amides is 2. The second-order valence-corrected chi connectivity index (χ2v) is 12.6. The van der Waals surface area contributed by atoms with Gasteiger partial charge < -0.3 is 25.0 Å². The van der Waals surface area contributed by atoms with Crippen molar-refractivity contribution in [2.24, 2.45) is 5.92 Å². The van der Waals surface area contributed by atoms with Crippen LogP contribution in [0.3, 0.4) is 0 Å². The quantitative estimate of drug-likeness (QED) is 0.195. The van der Waals surface area contributed by atoms with Crippen LogP contribution in [0.4, 0.5) is 18.9 Å². The molecule has 0 saturated heterocycles. The molecular weight excluding hydrogens is 631 g/mol.